The average molecular weight is 299 g/mol. The number of halogens is 3. The number of anilines is 3. The molecule has 110 valence electrons. The van der Waals surface area contributed by atoms with Gasteiger partial charge in [0.2, 0.25) is 11.8 Å². The van der Waals surface area contributed by atoms with E-state index in [1.807, 2.05) is 0 Å². The Labute approximate surface area is 115 Å². The molecule has 10 heteroatoms. The third-order valence-corrected chi connectivity index (χ3v) is 2.47. The predicted molar refractivity (Wildman–Crippen MR) is 67.8 cm³/mol. The molecule has 0 amide bonds. The number of hydrogen-bond acceptors (Lipinski definition) is 6. The third-order valence-electron chi connectivity index (χ3n) is 2.47. The standard InChI is InChI=1S/C11H8F3N5O2/c12-11(13,14)6-3-1-2-4-7(6)17-9-8(19(20)21)5-16-10(15)18-9/h1-5H,(H3,15,16,17,18). The van der Waals surface area contributed by atoms with Crippen molar-refractivity contribution in [3.8, 4) is 0 Å². The summed E-state index contributed by atoms with van der Waals surface area (Å²) in [5.74, 6) is -0.711. The molecule has 0 aliphatic heterocycles. The highest BCUT2D eigenvalue weighted by atomic mass is 19.4. The highest BCUT2D eigenvalue weighted by Crippen LogP contribution is 2.36. The van der Waals surface area contributed by atoms with Crippen LogP contribution >= 0.6 is 0 Å². The molecule has 0 saturated carbocycles. The topological polar surface area (TPSA) is 107 Å². The summed E-state index contributed by atoms with van der Waals surface area (Å²) in [6, 6.07) is 4.54. The van der Waals surface area contributed by atoms with Gasteiger partial charge < -0.3 is 11.1 Å². The molecule has 0 radical (unpaired) electrons. The quantitative estimate of drug-likeness (QED) is 0.666. The molecule has 7 nitrogen and oxygen atoms in total. The van der Waals surface area contributed by atoms with Gasteiger partial charge in [-0.2, -0.15) is 18.2 Å². The first-order valence-corrected chi connectivity index (χ1v) is 5.49. The number of alkyl halides is 3. The fourth-order valence-corrected chi connectivity index (χ4v) is 1.58. The number of nitrogens with one attached hydrogen (secondary N) is 1. The molecule has 1 heterocycles. The lowest BCUT2D eigenvalue weighted by atomic mass is 10.1. The third kappa shape index (κ3) is 3.16. The van der Waals surface area contributed by atoms with E-state index in [9.17, 15) is 23.3 Å². The average Bonchev–Trinajstić information content (AvgIpc) is 2.37. The van der Waals surface area contributed by atoms with Gasteiger partial charge in [0.15, 0.2) is 0 Å². The Morgan fingerprint density at radius 1 is 1.29 bits per heavy atom. The van der Waals surface area contributed by atoms with E-state index < -0.39 is 28.2 Å². The first kappa shape index (κ1) is 14.5. The highest BCUT2D eigenvalue weighted by Gasteiger charge is 2.33. The molecule has 0 aliphatic rings. The second-order valence-electron chi connectivity index (χ2n) is 3.89. The van der Waals surface area contributed by atoms with Crippen LogP contribution in [0.4, 0.5) is 36.3 Å². The van der Waals surface area contributed by atoms with Gasteiger partial charge in [0, 0.05) is 0 Å². The van der Waals surface area contributed by atoms with Gasteiger partial charge in [-0.3, -0.25) is 10.1 Å². The van der Waals surface area contributed by atoms with Crippen molar-refractivity contribution in [2.75, 3.05) is 11.1 Å². The van der Waals surface area contributed by atoms with Crippen molar-refractivity contribution in [3.05, 3.63) is 46.1 Å². The van der Waals surface area contributed by atoms with E-state index in [2.05, 4.69) is 15.3 Å². The summed E-state index contributed by atoms with van der Waals surface area (Å²) in [6.07, 6.45) is -3.79. The smallest absolute Gasteiger partial charge is 0.368 e. The van der Waals surface area contributed by atoms with Crippen LogP contribution in [0, 0.1) is 10.1 Å². The molecule has 0 fully saturated rings. The van der Waals surface area contributed by atoms with Gasteiger partial charge in [0.25, 0.3) is 0 Å². The van der Waals surface area contributed by atoms with Crippen molar-refractivity contribution in [3.63, 3.8) is 0 Å². The van der Waals surface area contributed by atoms with E-state index in [1.165, 1.54) is 12.1 Å². The van der Waals surface area contributed by atoms with Gasteiger partial charge in [-0.15, -0.1) is 0 Å². The second-order valence-corrected chi connectivity index (χ2v) is 3.89. The van der Waals surface area contributed by atoms with Crippen LogP contribution in [-0.4, -0.2) is 14.9 Å². The summed E-state index contributed by atoms with van der Waals surface area (Å²) in [5, 5.41) is 13.1. The Balaban J connectivity index is 2.49. The van der Waals surface area contributed by atoms with Crippen LogP contribution in [0.15, 0.2) is 30.5 Å². The first-order valence-electron chi connectivity index (χ1n) is 5.49. The van der Waals surface area contributed by atoms with Crippen LogP contribution in [0.2, 0.25) is 0 Å². The number of nitrogens with zero attached hydrogens (tertiary/aromatic N) is 3. The van der Waals surface area contributed by atoms with Crippen molar-refractivity contribution in [1.82, 2.24) is 9.97 Å². The van der Waals surface area contributed by atoms with Crippen LogP contribution < -0.4 is 11.1 Å². The van der Waals surface area contributed by atoms with Crippen molar-refractivity contribution < 1.29 is 18.1 Å². The lowest BCUT2D eigenvalue weighted by Gasteiger charge is -2.13. The Bertz CT molecular complexity index is 690. The second kappa shape index (κ2) is 5.23. The van der Waals surface area contributed by atoms with Gasteiger partial charge in [0.1, 0.15) is 6.20 Å². The molecule has 0 unspecified atom stereocenters. The zero-order valence-electron chi connectivity index (χ0n) is 10.3. The zero-order chi connectivity index (χ0) is 15.6. The summed E-state index contributed by atoms with van der Waals surface area (Å²) in [5.41, 5.74) is 3.37. The molecular formula is C11H8F3N5O2. The van der Waals surface area contributed by atoms with Gasteiger partial charge >= 0.3 is 11.9 Å². The summed E-state index contributed by atoms with van der Waals surface area (Å²) >= 11 is 0. The normalized spacial score (nSPS) is 11.2. The lowest BCUT2D eigenvalue weighted by Crippen LogP contribution is -2.10. The van der Waals surface area contributed by atoms with Gasteiger partial charge in [-0.25, -0.2) is 4.98 Å². The molecule has 3 N–H and O–H groups in total. The first-order chi connectivity index (χ1) is 9.79. The summed E-state index contributed by atoms with van der Waals surface area (Å²) in [4.78, 5) is 17.0. The maximum absolute atomic E-state index is 12.9. The molecule has 1 aromatic heterocycles. The highest BCUT2D eigenvalue weighted by molar-refractivity contribution is 5.68. The zero-order valence-corrected chi connectivity index (χ0v) is 10.3. The minimum absolute atomic E-state index is 0.299. The van der Waals surface area contributed by atoms with Crippen molar-refractivity contribution in [2.24, 2.45) is 0 Å². The van der Waals surface area contributed by atoms with Crippen LogP contribution in [0.5, 0.6) is 0 Å². The monoisotopic (exact) mass is 299 g/mol. The maximum atomic E-state index is 12.9. The summed E-state index contributed by atoms with van der Waals surface area (Å²) in [6.45, 7) is 0. The van der Waals surface area contributed by atoms with Crippen LogP contribution in [0.25, 0.3) is 0 Å². The van der Waals surface area contributed by atoms with E-state index in [-0.39, 0.29) is 11.6 Å². The number of para-hydroxylation sites is 1. The minimum atomic E-state index is -4.61. The fraction of sp³-hybridized carbons (Fsp3) is 0.0909. The van der Waals surface area contributed by atoms with Gasteiger partial charge in [0.05, 0.1) is 16.2 Å². The number of hydrogen-bond donors (Lipinski definition) is 2. The molecule has 0 bridgehead atoms. The molecule has 2 aromatic rings. The fourth-order valence-electron chi connectivity index (χ4n) is 1.58. The Morgan fingerprint density at radius 3 is 2.57 bits per heavy atom. The molecule has 0 aliphatic carbocycles. The van der Waals surface area contributed by atoms with Crippen molar-refractivity contribution in [1.29, 1.82) is 0 Å². The van der Waals surface area contributed by atoms with E-state index >= 15 is 0 Å². The van der Waals surface area contributed by atoms with Gasteiger partial charge in [-0.05, 0) is 12.1 Å². The number of rotatable bonds is 3. The Hall–Kier alpha value is -2.91. The van der Waals surface area contributed by atoms with Crippen LogP contribution in [0.3, 0.4) is 0 Å². The van der Waals surface area contributed by atoms with Crippen molar-refractivity contribution >= 4 is 23.1 Å². The molecule has 2 rings (SSSR count). The van der Waals surface area contributed by atoms with Gasteiger partial charge in [-0.1, -0.05) is 12.1 Å². The predicted octanol–water partition coefficient (Wildman–Crippen LogP) is 2.73. The molecular weight excluding hydrogens is 291 g/mol. The van der Waals surface area contributed by atoms with E-state index in [4.69, 9.17) is 5.73 Å². The van der Waals surface area contributed by atoms with E-state index in [0.717, 1.165) is 18.3 Å². The Kier molecular flexibility index (Phi) is 3.61. The lowest BCUT2D eigenvalue weighted by molar-refractivity contribution is -0.384. The minimum Gasteiger partial charge on any atom is -0.368 e. The molecule has 0 atom stereocenters. The molecule has 21 heavy (non-hydrogen) atoms. The van der Waals surface area contributed by atoms with Crippen molar-refractivity contribution in [2.45, 2.75) is 6.18 Å². The number of benzene rings is 1. The number of aromatic nitrogens is 2. The van der Waals surface area contributed by atoms with E-state index in [0.29, 0.717) is 0 Å². The number of nitrogens with two attached hydrogens (primary N) is 1. The Morgan fingerprint density at radius 2 is 1.95 bits per heavy atom. The van der Waals surface area contributed by atoms with E-state index in [1.54, 1.807) is 0 Å². The molecule has 1 aromatic carbocycles. The van der Waals surface area contributed by atoms with Crippen LogP contribution in [0.1, 0.15) is 5.56 Å². The number of nitro groups is 1. The number of nitrogen functional groups attached to an aromatic ring is 1. The van der Waals surface area contributed by atoms with Crippen LogP contribution in [-0.2, 0) is 6.18 Å². The summed E-state index contributed by atoms with van der Waals surface area (Å²) in [7, 11) is 0. The molecule has 0 saturated heterocycles. The summed E-state index contributed by atoms with van der Waals surface area (Å²) < 4.78 is 38.6. The largest absolute Gasteiger partial charge is 0.418 e. The maximum Gasteiger partial charge on any atom is 0.418 e. The SMILES string of the molecule is Nc1ncc([N+](=O)[O-])c(Nc2ccccc2C(F)(F)F)n1. The molecule has 0 spiro atoms.